The van der Waals surface area contributed by atoms with Gasteiger partial charge in [-0.25, -0.2) is 8.42 Å². The van der Waals surface area contributed by atoms with E-state index < -0.39 is 10.0 Å². The molecule has 2 heterocycles. The van der Waals surface area contributed by atoms with Crippen LogP contribution in [0.5, 0.6) is 0 Å². The quantitative estimate of drug-likeness (QED) is 0.844. The van der Waals surface area contributed by atoms with Crippen LogP contribution in [0.1, 0.15) is 25.3 Å². The first kappa shape index (κ1) is 16.9. The van der Waals surface area contributed by atoms with E-state index in [1.165, 1.54) is 0 Å². The Balaban J connectivity index is 1.71. The maximum absolute atomic E-state index is 12.9. The minimum atomic E-state index is -3.40. The number of rotatable bonds is 3. The first-order valence-electron chi connectivity index (χ1n) is 8.39. The minimum absolute atomic E-state index is 0.00195. The third kappa shape index (κ3) is 3.60. The number of benzene rings is 1. The number of ether oxygens (including phenoxy) is 1. The molecule has 2 aliphatic rings. The predicted molar refractivity (Wildman–Crippen MR) is 89.9 cm³/mol. The summed E-state index contributed by atoms with van der Waals surface area (Å²) in [7, 11) is -3.40. The van der Waals surface area contributed by atoms with Gasteiger partial charge in [-0.2, -0.15) is 4.31 Å². The SMILES string of the molecule is Cc1ccc(S(=O)(=O)N2CCN(C3CCOCC3)C[C@@H]2C)cc1. The summed E-state index contributed by atoms with van der Waals surface area (Å²) in [4.78, 5) is 2.84. The van der Waals surface area contributed by atoms with E-state index in [1.807, 2.05) is 26.0 Å². The van der Waals surface area contributed by atoms with Gasteiger partial charge in [-0.05, 0) is 38.8 Å². The van der Waals surface area contributed by atoms with Crippen LogP contribution in [0.25, 0.3) is 0 Å². The summed E-state index contributed by atoms with van der Waals surface area (Å²) in [5, 5.41) is 0. The number of aryl methyl sites for hydroxylation is 1. The lowest BCUT2D eigenvalue weighted by Gasteiger charge is -2.43. The molecule has 0 N–H and O–H groups in total. The highest BCUT2D eigenvalue weighted by atomic mass is 32.2. The molecular formula is C17H26N2O3S. The molecular weight excluding hydrogens is 312 g/mol. The second-order valence-electron chi connectivity index (χ2n) is 6.62. The molecule has 1 atom stereocenters. The van der Waals surface area contributed by atoms with Crippen LogP contribution >= 0.6 is 0 Å². The molecule has 0 bridgehead atoms. The standard InChI is InChI=1S/C17H26N2O3S/c1-14-3-5-17(6-4-14)23(20,21)19-10-9-18(13-15(19)2)16-7-11-22-12-8-16/h3-6,15-16H,7-13H2,1-2H3/t15-/m0/s1. The second kappa shape index (κ2) is 6.89. The molecule has 3 rings (SSSR count). The fourth-order valence-electron chi connectivity index (χ4n) is 3.55. The highest BCUT2D eigenvalue weighted by molar-refractivity contribution is 7.89. The van der Waals surface area contributed by atoms with Crippen LogP contribution in [0.3, 0.4) is 0 Å². The van der Waals surface area contributed by atoms with E-state index in [0.29, 0.717) is 17.5 Å². The molecule has 5 nitrogen and oxygen atoms in total. The molecule has 0 amide bonds. The fourth-order valence-corrected chi connectivity index (χ4v) is 5.17. The zero-order valence-electron chi connectivity index (χ0n) is 13.9. The Hall–Kier alpha value is -0.950. The molecule has 1 aromatic carbocycles. The van der Waals surface area contributed by atoms with Crippen molar-refractivity contribution in [1.82, 2.24) is 9.21 Å². The maximum Gasteiger partial charge on any atom is 0.243 e. The van der Waals surface area contributed by atoms with Crippen molar-refractivity contribution in [2.24, 2.45) is 0 Å². The van der Waals surface area contributed by atoms with Gasteiger partial charge >= 0.3 is 0 Å². The second-order valence-corrected chi connectivity index (χ2v) is 8.51. The first-order valence-corrected chi connectivity index (χ1v) is 9.83. The minimum Gasteiger partial charge on any atom is -0.381 e. The summed E-state index contributed by atoms with van der Waals surface area (Å²) in [6, 6.07) is 7.67. The Labute approximate surface area is 139 Å². The van der Waals surface area contributed by atoms with Gasteiger partial charge in [0.2, 0.25) is 10.0 Å². The van der Waals surface area contributed by atoms with E-state index in [2.05, 4.69) is 4.90 Å². The van der Waals surface area contributed by atoms with E-state index in [-0.39, 0.29) is 6.04 Å². The molecule has 1 aromatic rings. The van der Waals surface area contributed by atoms with Gasteiger partial charge in [0.15, 0.2) is 0 Å². The van der Waals surface area contributed by atoms with Crippen LogP contribution < -0.4 is 0 Å². The molecule has 0 spiro atoms. The summed E-state index contributed by atoms with van der Waals surface area (Å²) in [5.41, 5.74) is 1.07. The van der Waals surface area contributed by atoms with Gasteiger partial charge in [-0.3, -0.25) is 4.90 Å². The van der Waals surface area contributed by atoms with E-state index in [0.717, 1.165) is 44.7 Å². The normalized spacial score (nSPS) is 25.6. The van der Waals surface area contributed by atoms with Crippen molar-refractivity contribution in [2.75, 3.05) is 32.8 Å². The average Bonchev–Trinajstić information content (AvgIpc) is 2.56. The van der Waals surface area contributed by atoms with Crippen LogP contribution in [0.4, 0.5) is 0 Å². The molecule has 6 heteroatoms. The van der Waals surface area contributed by atoms with Crippen molar-refractivity contribution in [1.29, 1.82) is 0 Å². The molecule has 2 fully saturated rings. The topological polar surface area (TPSA) is 49.9 Å². The molecule has 23 heavy (non-hydrogen) atoms. The van der Waals surface area contributed by atoms with Crippen molar-refractivity contribution in [3.05, 3.63) is 29.8 Å². The number of hydrogen-bond acceptors (Lipinski definition) is 4. The van der Waals surface area contributed by atoms with E-state index in [1.54, 1.807) is 16.4 Å². The molecule has 2 aliphatic heterocycles. The monoisotopic (exact) mass is 338 g/mol. The summed E-state index contributed by atoms with van der Waals surface area (Å²) >= 11 is 0. The third-order valence-electron chi connectivity index (χ3n) is 4.93. The van der Waals surface area contributed by atoms with Crippen molar-refractivity contribution < 1.29 is 13.2 Å². The van der Waals surface area contributed by atoms with Crippen LogP contribution in [0.2, 0.25) is 0 Å². The summed E-state index contributed by atoms with van der Waals surface area (Å²) in [6.07, 6.45) is 2.11. The van der Waals surface area contributed by atoms with Crippen molar-refractivity contribution in [2.45, 2.75) is 43.7 Å². The van der Waals surface area contributed by atoms with E-state index in [4.69, 9.17) is 4.74 Å². The van der Waals surface area contributed by atoms with Crippen LogP contribution in [-0.2, 0) is 14.8 Å². The Morgan fingerprint density at radius 3 is 2.35 bits per heavy atom. The Kier molecular flexibility index (Phi) is 5.06. The van der Waals surface area contributed by atoms with Crippen LogP contribution in [0, 0.1) is 6.92 Å². The van der Waals surface area contributed by atoms with Gasteiger partial charge in [0.1, 0.15) is 0 Å². The zero-order valence-corrected chi connectivity index (χ0v) is 14.8. The molecule has 0 saturated carbocycles. The summed E-state index contributed by atoms with van der Waals surface area (Å²) < 4.78 is 32.8. The highest BCUT2D eigenvalue weighted by Crippen LogP contribution is 2.24. The molecule has 128 valence electrons. The van der Waals surface area contributed by atoms with Crippen molar-refractivity contribution in [3.63, 3.8) is 0 Å². The fraction of sp³-hybridized carbons (Fsp3) is 0.647. The number of nitrogens with zero attached hydrogens (tertiary/aromatic N) is 2. The zero-order chi connectivity index (χ0) is 16.4. The van der Waals surface area contributed by atoms with E-state index in [9.17, 15) is 8.42 Å². The van der Waals surface area contributed by atoms with Gasteiger partial charge < -0.3 is 4.74 Å². The van der Waals surface area contributed by atoms with Gasteiger partial charge in [0.25, 0.3) is 0 Å². The van der Waals surface area contributed by atoms with Gasteiger partial charge in [-0.1, -0.05) is 17.7 Å². The number of hydrogen-bond donors (Lipinski definition) is 0. The Bertz CT molecular complexity index is 624. The third-order valence-corrected chi connectivity index (χ3v) is 6.96. The molecule has 0 aliphatic carbocycles. The summed E-state index contributed by atoms with van der Waals surface area (Å²) in [5.74, 6) is 0. The van der Waals surface area contributed by atoms with Crippen molar-refractivity contribution in [3.8, 4) is 0 Å². The van der Waals surface area contributed by atoms with Crippen LogP contribution in [0.15, 0.2) is 29.2 Å². The summed E-state index contributed by atoms with van der Waals surface area (Å²) in [6.45, 7) is 7.79. The molecule has 0 aromatic heterocycles. The average molecular weight is 338 g/mol. The smallest absolute Gasteiger partial charge is 0.243 e. The first-order chi connectivity index (χ1) is 11.0. The van der Waals surface area contributed by atoms with E-state index >= 15 is 0 Å². The van der Waals surface area contributed by atoms with Gasteiger partial charge in [0.05, 0.1) is 4.90 Å². The van der Waals surface area contributed by atoms with Gasteiger partial charge in [0, 0.05) is 44.9 Å². The largest absolute Gasteiger partial charge is 0.381 e. The highest BCUT2D eigenvalue weighted by Gasteiger charge is 2.35. The predicted octanol–water partition coefficient (Wildman–Crippen LogP) is 1.87. The Morgan fingerprint density at radius 1 is 1.09 bits per heavy atom. The lowest BCUT2D eigenvalue weighted by atomic mass is 10.1. The van der Waals surface area contributed by atoms with Gasteiger partial charge in [-0.15, -0.1) is 0 Å². The Morgan fingerprint density at radius 2 is 1.74 bits per heavy atom. The lowest BCUT2D eigenvalue weighted by Crippen LogP contribution is -2.57. The molecule has 2 saturated heterocycles. The number of sulfonamides is 1. The number of piperazine rings is 1. The lowest BCUT2D eigenvalue weighted by molar-refractivity contribution is 0.0137. The maximum atomic E-state index is 12.9. The molecule has 0 unspecified atom stereocenters. The van der Waals surface area contributed by atoms with Crippen molar-refractivity contribution >= 4 is 10.0 Å². The van der Waals surface area contributed by atoms with Crippen LogP contribution in [-0.4, -0.2) is 62.6 Å². The molecule has 0 radical (unpaired) electrons.